The number of rotatable bonds is 6. The zero-order chi connectivity index (χ0) is 12.8. The SMILES string of the molecule is CCNC(=O)CN(C)C(c1ccco1)C(C)N. The average Bonchev–Trinajstić information content (AvgIpc) is 2.70. The molecule has 0 saturated carbocycles. The Bertz CT molecular complexity index is 336. The molecule has 0 bridgehead atoms. The molecule has 2 atom stereocenters. The summed E-state index contributed by atoms with van der Waals surface area (Å²) >= 11 is 0. The Kier molecular flexibility index (Phi) is 5.18. The van der Waals surface area contributed by atoms with Gasteiger partial charge in [-0.05, 0) is 33.0 Å². The summed E-state index contributed by atoms with van der Waals surface area (Å²) in [6.07, 6.45) is 1.62. The molecule has 96 valence electrons. The van der Waals surface area contributed by atoms with Crippen LogP contribution in [-0.4, -0.2) is 37.0 Å². The minimum atomic E-state index is -0.111. The Morgan fingerprint density at radius 1 is 1.65 bits per heavy atom. The minimum absolute atomic E-state index is 0.00722. The van der Waals surface area contributed by atoms with E-state index in [-0.39, 0.29) is 18.0 Å². The zero-order valence-corrected chi connectivity index (χ0v) is 10.6. The van der Waals surface area contributed by atoms with Gasteiger partial charge in [0.25, 0.3) is 0 Å². The third-order valence-corrected chi connectivity index (χ3v) is 2.57. The van der Waals surface area contributed by atoms with Crippen LogP contribution >= 0.6 is 0 Å². The lowest BCUT2D eigenvalue weighted by atomic mass is 10.1. The Morgan fingerprint density at radius 2 is 2.35 bits per heavy atom. The Labute approximate surface area is 102 Å². The van der Waals surface area contributed by atoms with Crippen LogP contribution in [0.25, 0.3) is 0 Å². The van der Waals surface area contributed by atoms with Gasteiger partial charge in [0, 0.05) is 12.6 Å². The highest BCUT2D eigenvalue weighted by atomic mass is 16.3. The van der Waals surface area contributed by atoms with Crippen LogP contribution in [0, 0.1) is 0 Å². The number of nitrogens with one attached hydrogen (secondary N) is 1. The lowest BCUT2D eigenvalue weighted by Gasteiger charge is -2.28. The van der Waals surface area contributed by atoms with Gasteiger partial charge in [0.1, 0.15) is 5.76 Å². The first kappa shape index (κ1) is 13.7. The van der Waals surface area contributed by atoms with Crippen LogP contribution in [0.5, 0.6) is 0 Å². The minimum Gasteiger partial charge on any atom is -0.468 e. The molecule has 0 aliphatic carbocycles. The predicted octanol–water partition coefficient (Wildman–Crippen LogP) is 0.736. The molecule has 1 heterocycles. The molecule has 5 nitrogen and oxygen atoms in total. The summed E-state index contributed by atoms with van der Waals surface area (Å²) in [6, 6.07) is 3.50. The van der Waals surface area contributed by atoms with Crippen molar-refractivity contribution in [1.29, 1.82) is 0 Å². The maximum atomic E-state index is 11.5. The van der Waals surface area contributed by atoms with Gasteiger partial charge in [0.15, 0.2) is 0 Å². The van der Waals surface area contributed by atoms with Gasteiger partial charge < -0.3 is 15.5 Å². The smallest absolute Gasteiger partial charge is 0.234 e. The lowest BCUT2D eigenvalue weighted by Crippen LogP contribution is -2.42. The third kappa shape index (κ3) is 3.87. The normalized spacial score (nSPS) is 14.6. The van der Waals surface area contributed by atoms with E-state index in [1.54, 1.807) is 6.26 Å². The molecule has 5 heteroatoms. The molecular formula is C12H21N3O2. The fraction of sp³-hybridized carbons (Fsp3) is 0.583. The van der Waals surface area contributed by atoms with E-state index in [4.69, 9.17) is 10.2 Å². The summed E-state index contributed by atoms with van der Waals surface area (Å²) in [5.41, 5.74) is 5.95. The van der Waals surface area contributed by atoms with E-state index in [0.29, 0.717) is 13.1 Å². The highest BCUT2D eigenvalue weighted by molar-refractivity contribution is 5.77. The van der Waals surface area contributed by atoms with Gasteiger partial charge in [-0.25, -0.2) is 0 Å². The van der Waals surface area contributed by atoms with Gasteiger partial charge in [0.2, 0.25) is 5.91 Å². The molecule has 1 aromatic heterocycles. The molecule has 0 spiro atoms. The molecule has 0 radical (unpaired) electrons. The second-order valence-corrected chi connectivity index (χ2v) is 4.19. The molecule has 0 aliphatic rings. The van der Waals surface area contributed by atoms with Crippen molar-refractivity contribution in [3.63, 3.8) is 0 Å². The van der Waals surface area contributed by atoms with Crippen molar-refractivity contribution in [3.8, 4) is 0 Å². The number of nitrogens with two attached hydrogens (primary N) is 1. The quantitative estimate of drug-likeness (QED) is 0.768. The highest BCUT2D eigenvalue weighted by Crippen LogP contribution is 2.22. The van der Waals surface area contributed by atoms with Gasteiger partial charge in [-0.15, -0.1) is 0 Å². The van der Waals surface area contributed by atoms with E-state index < -0.39 is 0 Å². The summed E-state index contributed by atoms with van der Waals surface area (Å²) in [5.74, 6) is 0.777. The number of carbonyl (C=O) groups is 1. The first-order chi connectivity index (χ1) is 8.06. The Balaban J connectivity index is 2.68. The molecular weight excluding hydrogens is 218 g/mol. The van der Waals surface area contributed by atoms with E-state index in [0.717, 1.165) is 5.76 Å². The summed E-state index contributed by atoms with van der Waals surface area (Å²) in [6.45, 7) is 4.74. The maximum Gasteiger partial charge on any atom is 0.234 e. The van der Waals surface area contributed by atoms with Crippen LogP contribution in [0.3, 0.4) is 0 Å². The van der Waals surface area contributed by atoms with Gasteiger partial charge in [0.05, 0.1) is 18.8 Å². The van der Waals surface area contributed by atoms with Crippen LogP contribution < -0.4 is 11.1 Å². The van der Waals surface area contributed by atoms with Crippen LogP contribution in [-0.2, 0) is 4.79 Å². The maximum absolute atomic E-state index is 11.5. The number of nitrogens with zero attached hydrogens (tertiary/aromatic N) is 1. The van der Waals surface area contributed by atoms with Crippen LogP contribution in [0.2, 0.25) is 0 Å². The summed E-state index contributed by atoms with van der Waals surface area (Å²) < 4.78 is 5.37. The molecule has 0 aliphatic heterocycles. The van der Waals surface area contributed by atoms with E-state index in [2.05, 4.69) is 5.32 Å². The van der Waals surface area contributed by atoms with Gasteiger partial charge >= 0.3 is 0 Å². The van der Waals surface area contributed by atoms with Crippen molar-refractivity contribution < 1.29 is 9.21 Å². The van der Waals surface area contributed by atoms with Crippen molar-refractivity contribution >= 4 is 5.91 Å². The zero-order valence-electron chi connectivity index (χ0n) is 10.6. The van der Waals surface area contributed by atoms with E-state index >= 15 is 0 Å². The second-order valence-electron chi connectivity index (χ2n) is 4.19. The summed E-state index contributed by atoms with van der Waals surface area (Å²) in [5, 5.41) is 2.76. The number of carbonyl (C=O) groups excluding carboxylic acids is 1. The first-order valence-electron chi connectivity index (χ1n) is 5.82. The van der Waals surface area contributed by atoms with Crippen LogP contribution in [0.15, 0.2) is 22.8 Å². The number of hydrogen-bond donors (Lipinski definition) is 2. The van der Waals surface area contributed by atoms with Crippen LogP contribution in [0.1, 0.15) is 25.6 Å². The molecule has 2 unspecified atom stereocenters. The summed E-state index contributed by atoms with van der Waals surface area (Å²) in [4.78, 5) is 13.4. The van der Waals surface area contributed by atoms with Gasteiger partial charge in [-0.1, -0.05) is 0 Å². The Hall–Kier alpha value is -1.33. The average molecular weight is 239 g/mol. The molecule has 1 rings (SSSR count). The largest absolute Gasteiger partial charge is 0.468 e. The van der Waals surface area contributed by atoms with Crippen molar-refractivity contribution in [2.45, 2.75) is 25.9 Å². The number of furan rings is 1. The van der Waals surface area contributed by atoms with Gasteiger partial charge in [-0.3, -0.25) is 9.69 Å². The fourth-order valence-electron chi connectivity index (χ4n) is 1.92. The molecule has 3 N–H and O–H groups in total. The van der Waals surface area contributed by atoms with Crippen molar-refractivity contribution in [3.05, 3.63) is 24.2 Å². The molecule has 0 fully saturated rings. The molecule has 0 aromatic carbocycles. The molecule has 1 aromatic rings. The molecule has 17 heavy (non-hydrogen) atoms. The third-order valence-electron chi connectivity index (χ3n) is 2.57. The standard InChI is InChI=1S/C12H21N3O2/c1-4-14-11(16)8-15(3)12(9(2)13)10-6-5-7-17-10/h5-7,9,12H,4,8,13H2,1-3H3,(H,14,16). The molecule has 1 amide bonds. The lowest BCUT2D eigenvalue weighted by molar-refractivity contribution is -0.122. The monoisotopic (exact) mass is 239 g/mol. The first-order valence-corrected chi connectivity index (χ1v) is 5.82. The van der Waals surface area contributed by atoms with E-state index in [1.165, 1.54) is 0 Å². The fourth-order valence-corrected chi connectivity index (χ4v) is 1.92. The van der Waals surface area contributed by atoms with Crippen LogP contribution in [0.4, 0.5) is 0 Å². The highest BCUT2D eigenvalue weighted by Gasteiger charge is 2.24. The number of amides is 1. The predicted molar refractivity (Wildman–Crippen MR) is 66.4 cm³/mol. The van der Waals surface area contributed by atoms with E-state index in [1.807, 2.05) is 37.9 Å². The van der Waals surface area contributed by atoms with Gasteiger partial charge in [-0.2, -0.15) is 0 Å². The van der Waals surface area contributed by atoms with E-state index in [9.17, 15) is 4.79 Å². The van der Waals surface area contributed by atoms with Crippen molar-refractivity contribution in [2.75, 3.05) is 20.1 Å². The Morgan fingerprint density at radius 3 is 2.82 bits per heavy atom. The van der Waals surface area contributed by atoms with Crippen molar-refractivity contribution in [1.82, 2.24) is 10.2 Å². The van der Waals surface area contributed by atoms with Crippen molar-refractivity contribution in [2.24, 2.45) is 5.73 Å². The number of hydrogen-bond acceptors (Lipinski definition) is 4. The number of likely N-dealkylation sites (N-methyl/N-ethyl adjacent to an activating group) is 2. The molecule has 0 saturated heterocycles. The summed E-state index contributed by atoms with van der Waals surface area (Å²) in [7, 11) is 1.87. The topological polar surface area (TPSA) is 71.5 Å². The second kappa shape index (κ2) is 6.42.